The van der Waals surface area contributed by atoms with E-state index in [9.17, 15) is 4.79 Å². The van der Waals surface area contributed by atoms with Gasteiger partial charge in [-0.25, -0.2) is 0 Å². The van der Waals surface area contributed by atoms with Crippen LogP contribution >= 0.6 is 0 Å². The number of rotatable bonds is 5. The van der Waals surface area contributed by atoms with Crippen molar-refractivity contribution in [3.63, 3.8) is 0 Å². The van der Waals surface area contributed by atoms with Crippen molar-refractivity contribution >= 4 is 11.5 Å². The average Bonchev–Trinajstić information content (AvgIpc) is 2.05. The van der Waals surface area contributed by atoms with Gasteiger partial charge >= 0.3 is 0 Å². The summed E-state index contributed by atoms with van der Waals surface area (Å²) in [7, 11) is 0. The van der Waals surface area contributed by atoms with Gasteiger partial charge in [-0.05, 0) is 12.8 Å². The van der Waals surface area contributed by atoms with Gasteiger partial charge in [-0.3, -0.25) is 4.79 Å². The molecule has 0 saturated carbocycles. The number of Topliss-reactive ketones (excluding diaryl/α,β-unsaturated/α-hetero) is 1. The smallest absolute Gasteiger partial charge is 0.180 e. The number of hydrogen-bond acceptors (Lipinski definition) is 3. The summed E-state index contributed by atoms with van der Waals surface area (Å²) in [5, 5.41) is 11.4. The predicted octanol–water partition coefficient (Wildman–Crippen LogP) is 1.99. The summed E-state index contributed by atoms with van der Waals surface area (Å²) in [4.78, 5) is 11.0. The first-order valence-electron chi connectivity index (χ1n) is 4.00. The van der Waals surface area contributed by atoms with Crippen LogP contribution in [-0.2, 0) is 4.79 Å². The van der Waals surface area contributed by atoms with Crippen LogP contribution in [0.4, 0.5) is 0 Å². The molecule has 3 nitrogen and oxygen atoms in total. The molecule has 0 saturated heterocycles. The SMILES string of the molecule is CCCCC(=NO)C(=O)CC. The molecular weight excluding hydrogens is 142 g/mol. The van der Waals surface area contributed by atoms with Gasteiger partial charge in [-0.1, -0.05) is 25.4 Å². The van der Waals surface area contributed by atoms with Crippen LogP contribution in [0.15, 0.2) is 5.16 Å². The molecule has 0 radical (unpaired) electrons. The van der Waals surface area contributed by atoms with E-state index in [1.807, 2.05) is 6.92 Å². The van der Waals surface area contributed by atoms with Gasteiger partial charge in [-0.15, -0.1) is 0 Å². The maximum Gasteiger partial charge on any atom is 0.180 e. The first-order chi connectivity index (χ1) is 5.26. The number of hydrogen-bond donors (Lipinski definition) is 1. The molecule has 3 heteroatoms. The highest BCUT2D eigenvalue weighted by molar-refractivity contribution is 6.39. The maximum absolute atomic E-state index is 11.0. The summed E-state index contributed by atoms with van der Waals surface area (Å²) in [6.45, 7) is 3.80. The lowest BCUT2D eigenvalue weighted by molar-refractivity contribution is -0.112. The summed E-state index contributed by atoms with van der Waals surface area (Å²) < 4.78 is 0. The second-order valence-electron chi connectivity index (χ2n) is 2.43. The normalized spacial score (nSPS) is 11.6. The van der Waals surface area contributed by atoms with Crippen LogP contribution < -0.4 is 0 Å². The minimum Gasteiger partial charge on any atom is -0.411 e. The molecule has 0 aromatic carbocycles. The molecule has 0 aliphatic carbocycles. The molecule has 0 bridgehead atoms. The van der Waals surface area contributed by atoms with Crippen molar-refractivity contribution in [1.29, 1.82) is 0 Å². The second kappa shape index (κ2) is 5.89. The Hall–Kier alpha value is -0.860. The molecule has 0 aliphatic heterocycles. The van der Waals surface area contributed by atoms with E-state index in [-0.39, 0.29) is 5.78 Å². The Morgan fingerprint density at radius 1 is 1.45 bits per heavy atom. The number of nitrogens with zero attached hydrogens (tertiary/aromatic N) is 1. The third-order valence-corrected chi connectivity index (χ3v) is 1.53. The minimum absolute atomic E-state index is 0.0547. The topological polar surface area (TPSA) is 49.7 Å². The van der Waals surface area contributed by atoms with Crippen molar-refractivity contribution in [3.8, 4) is 0 Å². The van der Waals surface area contributed by atoms with Gasteiger partial charge in [0.05, 0.1) is 0 Å². The molecule has 0 aromatic rings. The van der Waals surface area contributed by atoms with E-state index in [1.165, 1.54) is 0 Å². The van der Waals surface area contributed by atoms with Gasteiger partial charge in [0, 0.05) is 6.42 Å². The summed E-state index contributed by atoms with van der Waals surface area (Å²) >= 11 is 0. The molecule has 0 amide bonds. The summed E-state index contributed by atoms with van der Waals surface area (Å²) in [6.07, 6.45) is 2.93. The fourth-order valence-corrected chi connectivity index (χ4v) is 0.793. The van der Waals surface area contributed by atoms with Gasteiger partial charge in [0.2, 0.25) is 0 Å². The van der Waals surface area contributed by atoms with Crippen molar-refractivity contribution in [2.75, 3.05) is 0 Å². The van der Waals surface area contributed by atoms with E-state index in [0.717, 1.165) is 12.8 Å². The van der Waals surface area contributed by atoms with Crippen molar-refractivity contribution in [2.24, 2.45) is 5.16 Å². The molecule has 0 fully saturated rings. The number of oxime groups is 1. The molecule has 0 atom stereocenters. The van der Waals surface area contributed by atoms with Crippen molar-refractivity contribution in [1.82, 2.24) is 0 Å². The van der Waals surface area contributed by atoms with E-state index < -0.39 is 0 Å². The Bertz CT molecular complexity index is 152. The molecule has 0 rings (SSSR count). The van der Waals surface area contributed by atoms with Gasteiger partial charge in [0.1, 0.15) is 5.71 Å². The van der Waals surface area contributed by atoms with Crippen LogP contribution in [0.2, 0.25) is 0 Å². The number of carbonyl (C=O) groups excluding carboxylic acids is 1. The van der Waals surface area contributed by atoms with Crippen LogP contribution in [0.25, 0.3) is 0 Å². The van der Waals surface area contributed by atoms with Crippen molar-refractivity contribution in [3.05, 3.63) is 0 Å². The third-order valence-electron chi connectivity index (χ3n) is 1.53. The lowest BCUT2D eigenvalue weighted by Gasteiger charge is -1.98. The van der Waals surface area contributed by atoms with Gasteiger partial charge in [0.15, 0.2) is 5.78 Å². The van der Waals surface area contributed by atoms with E-state index in [0.29, 0.717) is 18.6 Å². The zero-order chi connectivity index (χ0) is 8.69. The van der Waals surface area contributed by atoms with Crippen molar-refractivity contribution < 1.29 is 10.0 Å². The van der Waals surface area contributed by atoms with Gasteiger partial charge in [-0.2, -0.15) is 0 Å². The molecule has 0 aliphatic rings. The highest BCUT2D eigenvalue weighted by Gasteiger charge is 2.07. The van der Waals surface area contributed by atoms with Crippen LogP contribution in [0.5, 0.6) is 0 Å². The Morgan fingerprint density at radius 2 is 2.09 bits per heavy atom. The summed E-state index contributed by atoms with van der Waals surface area (Å²) in [5.41, 5.74) is 0.314. The summed E-state index contributed by atoms with van der Waals surface area (Å²) in [5.74, 6) is -0.0547. The molecule has 64 valence electrons. The molecule has 11 heavy (non-hydrogen) atoms. The van der Waals surface area contributed by atoms with Crippen LogP contribution in [0.3, 0.4) is 0 Å². The Morgan fingerprint density at radius 3 is 2.45 bits per heavy atom. The predicted molar refractivity (Wildman–Crippen MR) is 44.0 cm³/mol. The average molecular weight is 157 g/mol. The van der Waals surface area contributed by atoms with Crippen LogP contribution in [-0.4, -0.2) is 16.7 Å². The zero-order valence-electron chi connectivity index (χ0n) is 7.13. The number of ketones is 1. The molecule has 0 aromatic heterocycles. The second-order valence-corrected chi connectivity index (χ2v) is 2.43. The highest BCUT2D eigenvalue weighted by atomic mass is 16.4. The minimum atomic E-state index is -0.0547. The third kappa shape index (κ3) is 3.75. The first kappa shape index (κ1) is 10.1. The van der Waals surface area contributed by atoms with Crippen LogP contribution in [0, 0.1) is 0 Å². The van der Waals surface area contributed by atoms with E-state index in [1.54, 1.807) is 6.92 Å². The Balaban J connectivity index is 3.87. The highest BCUT2D eigenvalue weighted by Crippen LogP contribution is 1.99. The molecular formula is C8H15NO2. The fraction of sp³-hybridized carbons (Fsp3) is 0.750. The van der Waals surface area contributed by atoms with Gasteiger partial charge in [0.25, 0.3) is 0 Å². The molecule has 0 unspecified atom stereocenters. The Kier molecular flexibility index (Phi) is 5.43. The largest absolute Gasteiger partial charge is 0.411 e. The van der Waals surface area contributed by atoms with Crippen molar-refractivity contribution in [2.45, 2.75) is 39.5 Å². The van der Waals surface area contributed by atoms with E-state index in [2.05, 4.69) is 5.16 Å². The standard InChI is InChI=1S/C8H15NO2/c1-3-5-6-7(9-11)8(10)4-2/h11H,3-6H2,1-2H3. The Labute approximate surface area is 67.1 Å². The first-order valence-corrected chi connectivity index (χ1v) is 4.00. The number of carbonyl (C=O) groups is 1. The molecule has 1 N–H and O–H groups in total. The molecule has 0 heterocycles. The zero-order valence-corrected chi connectivity index (χ0v) is 7.13. The molecule has 0 spiro atoms. The monoisotopic (exact) mass is 157 g/mol. The lowest BCUT2D eigenvalue weighted by Crippen LogP contribution is -2.12. The van der Waals surface area contributed by atoms with E-state index in [4.69, 9.17) is 5.21 Å². The number of unbranched alkanes of at least 4 members (excludes halogenated alkanes) is 1. The summed E-state index contributed by atoms with van der Waals surface area (Å²) in [6, 6.07) is 0. The quantitative estimate of drug-likeness (QED) is 0.377. The fourth-order valence-electron chi connectivity index (χ4n) is 0.793. The van der Waals surface area contributed by atoms with Gasteiger partial charge < -0.3 is 5.21 Å². The maximum atomic E-state index is 11.0. The lowest BCUT2D eigenvalue weighted by atomic mass is 10.1. The van der Waals surface area contributed by atoms with Crippen LogP contribution in [0.1, 0.15) is 39.5 Å². The van der Waals surface area contributed by atoms with E-state index >= 15 is 0 Å².